The van der Waals surface area contributed by atoms with Crippen molar-refractivity contribution < 1.29 is 14.6 Å². The third-order valence-electron chi connectivity index (χ3n) is 3.94. The number of benzene rings is 3. The second-order valence-electron chi connectivity index (χ2n) is 6.04. The van der Waals surface area contributed by atoms with Gasteiger partial charge in [-0.3, -0.25) is 0 Å². The maximum Gasteiger partial charge on any atom is 0.511 e. The van der Waals surface area contributed by atoms with Gasteiger partial charge < -0.3 is 9.84 Å². The molecule has 0 unspecified atom stereocenters. The van der Waals surface area contributed by atoms with E-state index in [2.05, 4.69) is 79.2 Å². The Balaban J connectivity index is 0.000000196. The van der Waals surface area contributed by atoms with Gasteiger partial charge in [0.2, 0.25) is 0 Å². The van der Waals surface area contributed by atoms with E-state index in [1.54, 1.807) is 30.3 Å². The standard InChI is InChI=1S/C15H16.C7H6O3/c1-15(2,13-9-5-3-6-10-13)14-11-7-4-8-12-14;8-7(9)10-6-4-2-1-3-5-6/h3-12H,1-2H3;1-5H,(H,8,9). The summed E-state index contributed by atoms with van der Waals surface area (Å²) in [7, 11) is 0. The number of carbonyl (C=O) groups is 1. The fourth-order valence-electron chi connectivity index (χ4n) is 2.47. The van der Waals surface area contributed by atoms with Crippen molar-refractivity contribution in [3.05, 3.63) is 102 Å². The van der Waals surface area contributed by atoms with Gasteiger partial charge in [-0.15, -0.1) is 0 Å². The van der Waals surface area contributed by atoms with Crippen LogP contribution in [-0.2, 0) is 5.41 Å². The summed E-state index contributed by atoms with van der Waals surface area (Å²) >= 11 is 0. The van der Waals surface area contributed by atoms with Crippen molar-refractivity contribution in [3.8, 4) is 5.75 Å². The molecule has 3 rings (SSSR count). The molecule has 0 saturated heterocycles. The number of carboxylic acid groups (broad SMARTS) is 1. The van der Waals surface area contributed by atoms with E-state index in [1.165, 1.54) is 11.1 Å². The van der Waals surface area contributed by atoms with Crippen LogP contribution in [-0.4, -0.2) is 11.3 Å². The molecular weight excluding hydrogens is 312 g/mol. The first kappa shape index (κ1) is 18.3. The van der Waals surface area contributed by atoms with E-state index in [1.807, 2.05) is 0 Å². The van der Waals surface area contributed by atoms with Gasteiger partial charge in [0, 0.05) is 5.41 Å². The largest absolute Gasteiger partial charge is 0.511 e. The highest BCUT2D eigenvalue weighted by atomic mass is 16.7. The lowest BCUT2D eigenvalue weighted by Crippen LogP contribution is -2.18. The molecule has 25 heavy (non-hydrogen) atoms. The van der Waals surface area contributed by atoms with Crippen LogP contribution in [0.4, 0.5) is 4.79 Å². The molecule has 3 aromatic carbocycles. The zero-order valence-electron chi connectivity index (χ0n) is 14.4. The van der Waals surface area contributed by atoms with Crippen molar-refractivity contribution in [2.45, 2.75) is 19.3 Å². The molecule has 3 aromatic rings. The molecule has 0 atom stereocenters. The highest BCUT2D eigenvalue weighted by Gasteiger charge is 2.21. The summed E-state index contributed by atoms with van der Waals surface area (Å²) in [5.74, 6) is 0.343. The van der Waals surface area contributed by atoms with E-state index in [0.29, 0.717) is 5.75 Å². The number of hydrogen-bond donors (Lipinski definition) is 1. The van der Waals surface area contributed by atoms with E-state index in [4.69, 9.17) is 5.11 Å². The Morgan fingerprint density at radius 1 is 0.720 bits per heavy atom. The highest BCUT2D eigenvalue weighted by Crippen LogP contribution is 2.30. The summed E-state index contributed by atoms with van der Waals surface area (Å²) in [6, 6.07) is 29.6. The topological polar surface area (TPSA) is 46.5 Å². The van der Waals surface area contributed by atoms with Gasteiger partial charge in [0.05, 0.1) is 0 Å². The zero-order chi connectivity index (χ0) is 18.1. The maximum atomic E-state index is 9.95. The summed E-state index contributed by atoms with van der Waals surface area (Å²) in [6.07, 6.45) is -1.29. The molecule has 0 aliphatic heterocycles. The van der Waals surface area contributed by atoms with Crippen LogP contribution in [0.5, 0.6) is 5.75 Å². The minimum atomic E-state index is -1.29. The van der Waals surface area contributed by atoms with Gasteiger partial charge in [-0.25, -0.2) is 4.79 Å². The molecule has 0 amide bonds. The average Bonchev–Trinajstić information content (AvgIpc) is 2.64. The Morgan fingerprint density at radius 3 is 1.44 bits per heavy atom. The van der Waals surface area contributed by atoms with E-state index in [-0.39, 0.29) is 5.41 Å². The monoisotopic (exact) mass is 334 g/mol. The lowest BCUT2D eigenvalue weighted by atomic mass is 9.78. The Bertz CT molecular complexity index is 725. The molecular formula is C22H22O3. The van der Waals surface area contributed by atoms with Gasteiger partial charge in [0.25, 0.3) is 0 Å². The Kier molecular flexibility index (Phi) is 6.35. The average molecular weight is 334 g/mol. The fraction of sp³-hybridized carbons (Fsp3) is 0.136. The summed E-state index contributed by atoms with van der Waals surface area (Å²) in [6.45, 7) is 4.52. The molecule has 0 spiro atoms. The molecule has 0 saturated carbocycles. The first-order chi connectivity index (χ1) is 12.0. The van der Waals surface area contributed by atoms with Crippen molar-refractivity contribution in [2.24, 2.45) is 0 Å². The number of para-hydroxylation sites is 1. The van der Waals surface area contributed by atoms with E-state index in [0.717, 1.165) is 0 Å². The predicted molar refractivity (Wildman–Crippen MR) is 100 cm³/mol. The van der Waals surface area contributed by atoms with Gasteiger partial charge in [-0.1, -0.05) is 92.7 Å². The van der Waals surface area contributed by atoms with E-state index < -0.39 is 6.16 Å². The fourth-order valence-corrected chi connectivity index (χ4v) is 2.47. The van der Waals surface area contributed by atoms with Crippen LogP contribution < -0.4 is 4.74 Å². The van der Waals surface area contributed by atoms with E-state index in [9.17, 15) is 4.79 Å². The molecule has 0 heterocycles. The molecule has 128 valence electrons. The van der Waals surface area contributed by atoms with Crippen molar-refractivity contribution in [1.29, 1.82) is 0 Å². The van der Waals surface area contributed by atoms with Crippen LogP contribution in [0, 0.1) is 0 Å². The van der Waals surface area contributed by atoms with Gasteiger partial charge in [-0.2, -0.15) is 0 Å². The molecule has 0 aliphatic rings. The van der Waals surface area contributed by atoms with Crippen LogP contribution in [0.2, 0.25) is 0 Å². The summed E-state index contributed by atoms with van der Waals surface area (Å²) in [5.41, 5.74) is 2.80. The molecule has 0 radical (unpaired) electrons. The van der Waals surface area contributed by atoms with Crippen LogP contribution in [0.25, 0.3) is 0 Å². The Morgan fingerprint density at radius 2 is 1.08 bits per heavy atom. The van der Waals surface area contributed by atoms with Crippen molar-refractivity contribution in [1.82, 2.24) is 0 Å². The van der Waals surface area contributed by atoms with Gasteiger partial charge in [-0.05, 0) is 23.3 Å². The lowest BCUT2D eigenvalue weighted by Gasteiger charge is -2.25. The Hall–Kier alpha value is -3.07. The molecule has 0 aliphatic carbocycles. The predicted octanol–water partition coefficient (Wildman–Crippen LogP) is 5.76. The molecule has 0 bridgehead atoms. The smallest absolute Gasteiger partial charge is 0.449 e. The third-order valence-corrected chi connectivity index (χ3v) is 3.94. The van der Waals surface area contributed by atoms with Gasteiger partial charge >= 0.3 is 6.16 Å². The van der Waals surface area contributed by atoms with Crippen LogP contribution in [0.3, 0.4) is 0 Å². The SMILES string of the molecule is CC(C)(c1ccccc1)c1ccccc1.O=C(O)Oc1ccccc1. The molecule has 3 heteroatoms. The first-order valence-electron chi connectivity index (χ1n) is 8.07. The molecule has 0 aromatic heterocycles. The van der Waals surface area contributed by atoms with Gasteiger partial charge in [0.15, 0.2) is 0 Å². The summed E-state index contributed by atoms with van der Waals surface area (Å²) in [4.78, 5) is 9.95. The van der Waals surface area contributed by atoms with Crippen molar-refractivity contribution in [2.75, 3.05) is 0 Å². The summed E-state index contributed by atoms with van der Waals surface area (Å²) < 4.78 is 4.33. The van der Waals surface area contributed by atoms with Crippen LogP contribution in [0.1, 0.15) is 25.0 Å². The second kappa shape index (κ2) is 8.69. The Labute approximate surface area is 148 Å². The first-order valence-corrected chi connectivity index (χ1v) is 8.07. The number of ether oxygens (including phenoxy) is 1. The summed E-state index contributed by atoms with van der Waals surface area (Å²) in [5, 5.41) is 8.14. The minimum Gasteiger partial charge on any atom is -0.449 e. The number of hydrogen-bond acceptors (Lipinski definition) is 2. The molecule has 3 nitrogen and oxygen atoms in total. The lowest BCUT2D eigenvalue weighted by molar-refractivity contribution is 0.144. The zero-order valence-corrected chi connectivity index (χ0v) is 14.4. The van der Waals surface area contributed by atoms with Crippen LogP contribution in [0.15, 0.2) is 91.0 Å². The maximum absolute atomic E-state index is 9.95. The van der Waals surface area contributed by atoms with Crippen molar-refractivity contribution in [3.63, 3.8) is 0 Å². The van der Waals surface area contributed by atoms with E-state index >= 15 is 0 Å². The minimum absolute atomic E-state index is 0.0858. The normalized spacial score (nSPS) is 10.3. The van der Waals surface area contributed by atoms with Crippen molar-refractivity contribution >= 4 is 6.16 Å². The molecule has 0 fully saturated rings. The molecule has 1 N–H and O–H groups in total. The van der Waals surface area contributed by atoms with Crippen LogP contribution >= 0.6 is 0 Å². The third kappa shape index (κ3) is 5.50. The van der Waals surface area contributed by atoms with Gasteiger partial charge in [0.1, 0.15) is 5.75 Å². The number of rotatable bonds is 3. The highest BCUT2D eigenvalue weighted by molar-refractivity contribution is 5.60. The quantitative estimate of drug-likeness (QED) is 0.489. The second-order valence-corrected chi connectivity index (χ2v) is 6.04.